The van der Waals surface area contributed by atoms with Crippen molar-refractivity contribution in [1.29, 1.82) is 0 Å². The Bertz CT molecular complexity index is 335. The molecule has 1 aromatic rings. The van der Waals surface area contributed by atoms with E-state index in [1.54, 1.807) is 0 Å². The molecule has 0 aromatic carbocycles. The summed E-state index contributed by atoms with van der Waals surface area (Å²) in [5.74, 6) is 0.361. The lowest BCUT2D eigenvalue weighted by molar-refractivity contribution is 0.145. The molecule has 0 radical (unpaired) electrons. The zero-order valence-electron chi connectivity index (χ0n) is 7.23. The Balaban J connectivity index is 3.24. The number of rotatable bonds is 3. The van der Waals surface area contributed by atoms with E-state index in [0.29, 0.717) is 9.13 Å². The molecule has 0 aliphatic rings. The predicted molar refractivity (Wildman–Crippen MR) is 58.0 cm³/mol. The number of alkyl halides is 3. The zero-order valence-corrected chi connectivity index (χ0v) is 10.1. The van der Waals surface area contributed by atoms with Crippen molar-refractivity contribution in [1.82, 2.24) is 4.98 Å². The fourth-order valence-electron chi connectivity index (χ4n) is 0.938. The Hall–Kier alpha value is -0.170. The molecule has 2 nitrogen and oxygen atoms in total. The first-order valence-electron chi connectivity index (χ1n) is 3.67. The largest absolute Gasteiger partial charge is 0.481 e. The van der Waals surface area contributed by atoms with E-state index < -0.39 is 6.43 Å². The quantitative estimate of drug-likeness (QED) is 0.625. The number of hydrogen-bond acceptors (Lipinski definition) is 2. The van der Waals surface area contributed by atoms with E-state index in [2.05, 4.69) is 4.98 Å². The SMILES string of the molecule is COc1nc(C(F)F)cc(I)c1CCl. The number of aromatic nitrogens is 1. The zero-order chi connectivity index (χ0) is 10.7. The van der Waals surface area contributed by atoms with Gasteiger partial charge in [-0.05, 0) is 28.7 Å². The second kappa shape index (κ2) is 5.06. The van der Waals surface area contributed by atoms with E-state index in [1.165, 1.54) is 13.2 Å². The minimum Gasteiger partial charge on any atom is -0.481 e. The van der Waals surface area contributed by atoms with Crippen LogP contribution in [0.1, 0.15) is 17.7 Å². The summed E-state index contributed by atoms with van der Waals surface area (Å²) in [7, 11) is 1.38. The van der Waals surface area contributed by atoms with Gasteiger partial charge in [-0.3, -0.25) is 0 Å². The van der Waals surface area contributed by atoms with E-state index in [-0.39, 0.29) is 17.5 Å². The van der Waals surface area contributed by atoms with Crippen molar-refractivity contribution in [2.24, 2.45) is 0 Å². The lowest BCUT2D eigenvalue weighted by atomic mass is 10.2. The minimum absolute atomic E-state index is 0.169. The first-order valence-corrected chi connectivity index (χ1v) is 5.29. The fraction of sp³-hybridized carbons (Fsp3) is 0.375. The van der Waals surface area contributed by atoms with Crippen molar-refractivity contribution in [3.63, 3.8) is 0 Å². The molecule has 0 N–H and O–H groups in total. The molecule has 0 aliphatic heterocycles. The Morgan fingerprint density at radius 1 is 1.64 bits per heavy atom. The third kappa shape index (κ3) is 2.44. The Morgan fingerprint density at radius 3 is 2.71 bits per heavy atom. The van der Waals surface area contributed by atoms with E-state index in [0.717, 1.165) is 0 Å². The molecule has 0 atom stereocenters. The summed E-state index contributed by atoms with van der Waals surface area (Å²) < 4.78 is 30.2. The highest BCUT2D eigenvalue weighted by Gasteiger charge is 2.16. The molecule has 0 saturated carbocycles. The molecule has 14 heavy (non-hydrogen) atoms. The van der Waals surface area contributed by atoms with E-state index in [4.69, 9.17) is 16.3 Å². The third-order valence-electron chi connectivity index (χ3n) is 1.60. The molecular formula is C8H7ClF2INO. The van der Waals surface area contributed by atoms with Gasteiger partial charge in [-0.2, -0.15) is 0 Å². The molecular weight excluding hydrogens is 326 g/mol. The molecule has 0 unspecified atom stereocenters. The summed E-state index contributed by atoms with van der Waals surface area (Å²) in [5, 5.41) is 0. The molecule has 0 saturated heterocycles. The minimum atomic E-state index is -2.60. The van der Waals surface area contributed by atoms with Gasteiger partial charge in [0.1, 0.15) is 5.69 Å². The lowest BCUT2D eigenvalue weighted by Gasteiger charge is -2.09. The fourth-order valence-corrected chi connectivity index (χ4v) is 2.16. The van der Waals surface area contributed by atoms with Crippen molar-refractivity contribution in [3.8, 4) is 5.88 Å². The molecule has 0 fully saturated rings. The van der Waals surface area contributed by atoms with Crippen molar-refractivity contribution in [2.75, 3.05) is 7.11 Å². The van der Waals surface area contributed by atoms with Gasteiger partial charge in [-0.25, -0.2) is 13.8 Å². The van der Waals surface area contributed by atoms with E-state index >= 15 is 0 Å². The van der Waals surface area contributed by atoms with Gasteiger partial charge in [0.05, 0.1) is 13.0 Å². The van der Waals surface area contributed by atoms with Crippen LogP contribution in [0.15, 0.2) is 6.07 Å². The summed E-state index contributed by atoms with van der Waals surface area (Å²) in [4.78, 5) is 3.66. The van der Waals surface area contributed by atoms with Crippen LogP contribution < -0.4 is 4.74 Å². The third-order valence-corrected chi connectivity index (χ3v) is 2.83. The molecule has 0 amide bonds. The first kappa shape index (κ1) is 11.9. The lowest BCUT2D eigenvalue weighted by Crippen LogP contribution is -2.00. The maximum atomic E-state index is 12.3. The highest BCUT2D eigenvalue weighted by molar-refractivity contribution is 14.1. The number of halogens is 4. The summed E-state index contributed by atoms with van der Waals surface area (Å²) >= 11 is 7.57. The summed E-state index contributed by atoms with van der Waals surface area (Å²) in [6, 6.07) is 1.31. The van der Waals surface area contributed by atoms with Crippen LogP contribution in [0.2, 0.25) is 0 Å². The van der Waals surface area contributed by atoms with E-state index in [1.807, 2.05) is 22.6 Å². The summed E-state index contributed by atoms with van der Waals surface area (Å²) in [6.45, 7) is 0. The van der Waals surface area contributed by atoms with Crippen LogP contribution in [0.25, 0.3) is 0 Å². The first-order chi connectivity index (χ1) is 6.60. The second-order valence-electron chi connectivity index (χ2n) is 2.45. The van der Waals surface area contributed by atoms with Gasteiger partial charge < -0.3 is 4.74 Å². The number of ether oxygens (including phenoxy) is 1. The maximum Gasteiger partial charge on any atom is 0.280 e. The predicted octanol–water partition coefficient (Wildman–Crippen LogP) is 3.37. The summed E-state index contributed by atoms with van der Waals surface area (Å²) in [5.41, 5.74) is 0.347. The normalized spacial score (nSPS) is 10.7. The molecule has 1 aromatic heterocycles. The van der Waals surface area contributed by atoms with Crippen LogP contribution in [0.4, 0.5) is 8.78 Å². The second-order valence-corrected chi connectivity index (χ2v) is 3.88. The average Bonchev–Trinajstić information content (AvgIpc) is 2.16. The van der Waals surface area contributed by atoms with Gasteiger partial charge in [-0.15, -0.1) is 11.6 Å². The van der Waals surface area contributed by atoms with Crippen LogP contribution in [0, 0.1) is 3.57 Å². The molecule has 6 heteroatoms. The van der Waals surface area contributed by atoms with Crippen LogP contribution in [-0.4, -0.2) is 12.1 Å². The Kier molecular flexibility index (Phi) is 4.31. The number of hydrogen-bond donors (Lipinski definition) is 0. The standard InChI is InChI=1S/C8H7ClF2INO/c1-14-8-4(3-9)5(12)2-6(13-8)7(10)11/h2,7H,3H2,1H3. The van der Waals surface area contributed by atoms with Crippen molar-refractivity contribution >= 4 is 34.2 Å². The molecule has 0 aliphatic carbocycles. The summed E-state index contributed by atoms with van der Waals surface area (Å²) in [6.07, 6.45) is -2.60. The number of methoxy groups -OCH3 is 1. The highest BCUT2D eigenvalue weighted by atomic mass is 127. The van der Waals surface area contributed by atoms with Crippen LogP contribution in [0.5, 0.6) is 5.88 Å². The van der Waals surface area contributed by atoms with Gasteiger partial charge in [0, 0.05) is 9.13 Å². The Labute approximate surface area is 98.8 Å². The van der Waals surface area contributed by atoms with Gasteiger partial charge in [-0.1, -0.05) is 0 Å². The number of pyridine rings is 1. The molecule has 0 spiro atoms. The van der Waals surface area contributed by atoms with Crippen LogP contribution in [-0.2, 0) is 5.88 Å². The highest BCUT2D eigenvalue weighted by Crippen LogP contribution is 2.28. The van der Waals surface area contributed by atoms with Gasteiger partial charge in [0.25, 0.3) is 6.43 Å². The van der Waals surface area contributed by atoms with Crippen LogP contribution in [0.3, 0.4) is 0 Å². The van der Waals surface area contributed by atoms with Gasteiger partial charge >= 0.3 is 0 Å². The molecule has 0 bridgehead atoms. The van der Waals surface area contributed by atoms with Gasteiger partial charge in [0.2, 0.25) is 5.88 Å². The van der Waals surface area contributed by atoms with Crippen molar-refractivity contribution in [3.05, 3.63) is 20.9 Å². The van der Waals surface area contributed by atoms with Crippen LogP contribution >= 0.6 is 34.2 Å². The molecule has 1 heterocycles. The monoisotopic (exact) mass is 333 g/mol. The number of nitrogens with zero attached hydrogens (tertiary/aromatic N) is 1. The molecule has 78 valence electrons. The molecule has 1 rings (SSSR count). The Morgan fingerprint density at radius 2 is 2.29 bits per heavy atom. The van der Waals surface area contributed by atoms with Crippen molar-refractivity contribution in [2.45, 2.75) is 12.3 Å². The van der Waals surface area contributed by atoms with Gasteiger partial charge in [0.15, 0.2) is 0 Å². The maximum absolute atomic E-state index is 12.3. The average molecular weight is 334 g/mol. The van der Waals surface area contributed by atoms with E-state index in [9.17, 15) is 8.78 Å². The topological polar surface area (TPSA) is 22.1 Å². The van der Waals surface area contributed by atoms with Crippen molar-refractivity contribution < 1.29 is 13.5 Å². The smallest absolute Gasteiger partial charge is 0.280 e.